The summed E-state index contributed by atoms with van der Waals surface area (Å²) in [5.74, 6) is -0.0830. The van der Waals surface area contributed by atoms with Crippen molar-refractivity contribution in [1.82, 2.24) is 5.43 Å². The zero-order valence-corrected chi connectivity index (χ0v) is 15.3. The monoisotopic (exact) mass is 349 g/mol. The number of carbonyl (C=O) groups is 2. The van der Waals surface area contributed by atoms with Gasteiger partial charge in [0.2, 0.25) is 5.91 Å². The Labute approximate surface area is 153 Å². The summed E-state index contributed by atoms with van der Waals surface area (Å²) in [5.41, 5.74) is 8.19. The van der Waals surface area contributed by atoms with Crippen LogP contribution in [0.4, 0.5) is 5.69 Å². The van der Waals surface area contributed by atoms with E-state index < -0.39 is 0 Å². The first kappa shape index (κ1) is 17.9. The summed E-state index contributed by atoms with van der Waals surface area (Å²) in [6, 6.07) is 11.0. The number of nitrogens with one attached hydrogen (secondary N) is 2. The van der Waals surface area contributed by atoms with Crippen molar-refractivity contribution in [1.29, 1.82) is 0 Å². The molecule has 2 aromatic carbocycles. The Morgan fingerprint density at radius 1 is 1.04 bits per heavy atom. The van der Waals surface area contributed by atoms with Gasteiger partial charge in [0.05, 0.1) is 6.21 Å². The summed E-state index contributed by atoms with van der Waals surface area (Å²) in [4.78, 5) is 23.9. The van der Waals surface area contributed by atoms with E-state index in [4.69, 9.17) is 0 Å². The lowest BCUT2D eigenvalue weighted by Gasteiger charge is -2.07. The molecule has 3 rings (SSSR count). The van der Waals surface area contributed by atoms with Gasteiger partial charge in [-0.2, -0.15) is 5.10 Å². The predicted octanol–water partition coefficient (Wildman–Crippen LogP) is 3.72. The van der Waals surface area contributed by atoms with E-state index in [1.165, 1.54) is 5.56 Å². The maximum atomic E-state index is 12.2. The van der Waals surface area contributed by atoms with Gasteiger partial charge >= 0.3 is 0 Å². The van der Waals surface area contributed by atoms with Crippen molar-refractivity contribution in [3.8, 4) is 0 Å². The quantitative estimate of drug-likeness (QED) is 0.638. The molecule has 5 heteroatoms. The van der Waals surface area contributed by atoms with Gasteiger partial charge in [-0.15, -0.1) is 0 Å². The van der Waals surface area contributed by atoms with Gasteiger partial charge in [-0.25, -0.2) is 5.43 Å². The molecule has 0 aliphatic heterocycles. The number of hydrazone groups is 1. The highest BCUT2D eigenvalue weighted by molar-refractivity contribution is 5.97. The van der Waals surface area contributed by atoms with Crippen LogP contribution in [0, 0.1) is 26.7 Å². The van der Waals surface area contributed by atoms with E-state index in [1.807, 2.05) is 13.8 Å². The van der Waals surface area contributed by atoms with Crippen LogP contribution in [0.15, 0.2) is 41.5 Å². The standard InChI is InChI=1S/C21H23N3O2/c1-13-10-14(2)19(15(3)11-13)12-22-24-21(26)17-6-8-18(9-7-17)23-20(25)16-4-5-16/h6-12,16H,4-5H2,1-3H3,(H,23,25)(H,24,26)/b22-12+. The van der Waals surface area contributed by atoms with Crippen LogP contribution >= 0.6 is 0 Å². The summed E-state index contributed by atoms with van der Waals surface area (Å²) < 4.78 is 0. The van der Waals surface area contributed by atoms with Crippen LogP contribution in [0.5, 0.6) is 0 Å². The molecule has 5 nitrogen and oxygen atoms in total. The van der Waals surface area contributed by atoms with Crippen LogP contribution in [0.1, 0.15) is 45.5 Å². The van der Waals surface area contributed by atoms with Crippen LogP contribution in [0.3, 0.4) is 0 Å². The maximum Gasteiger partial charge on any atom is 0.271 e. The first-order chi connectivity index (χ1) is 12.4. The van der Waals surface area contributed by atoms with E-state index in [1.54, 1.807) is 30.5 Å². The highest BCUT2D eigenvalue weighted by atomic mass is 16.2. The lowest BCUT2D eigenvalue weighted by atomic mass is 10.0. The van der Waals surface area contributed by atoms with Gasteiger partial charge in [-0.3, -0.25) is 9.59 Å². The van der Waals surface area contributed by atoms with Gasteiger partial charge < -0.3 is 5.32 Å². The summed E-state index contributed by atoms with van der Waals surface area (Å²) >= 11 is 0. The Bertz CT molecular complexity index is 842. The molecule has 26 heavy (non-hydrogen) atoms. The van der Waals surface area contributed by atoms with Crippen molar-refractivity contribution in [2.75, 3.05) is 5.32 Å². The number of hydrogen-bond acceptors (Lipinski definition) is 3. The molecule has 0 radical (unpaired) electrons. The summed E-state index contributed by atoms with van der Waals surface area (Å²) in [6.07, 6.45) is 3.60. The van der Waals surface area contributed by atoms with Crippen LogP contribution in [0.2, 0.25) is 0 Å². The molecule has 2 aromatic rings. The Balaban J connectivity index is 1.60. The molecule has 2 amide bonds. The molecule has 0 atom stereocenters. The average molecular weight is 349 g/mol. The second-order valence-corrected chi connectivity index (χ2v) is 6.85. The van der Waals surface area contributed by atoms with E-state index >= 15 is 0 Å². The van der Waals surface area contributed by atoms with Crippen LogP contribution in [-0.4, -0.2) is 18.0 Å². The Morgan fingerprint density at radius 2 is 1.65 bits per heavy atom. The lowest BCUT2D eigenvalue weighted by Crippen LogP contribution is -2.18. The van der Waals surface area contributed by atoms with E-state index in [9.17, 15) is 9.59 Å². The van der Waals surface area contributed by atoms with Crippen LogP contribution in [-0.2, 0) is 4.79 Å². The minimum atomic E-state index is -0.288. The van der Waals surface area contributed by atoms with Crippen molar-refractivity contribution < 1.29 is 9.59 Å². The Hall–Kier alpha value is -2.95. The van der Waals surface area contributed by atoms with Crippen molar-refractivity contribution in [3.05, 3.63) is 64.2 Å². The van der Waals surface area contributed by atoms with Crippen molar-refractivity contribution >= 4 is 23.7 Å². The molecule has 1 fully saturated rings. The molecule has 0 unspecified atom stereocenters. The largest absolute Gasteiger partial charge is 0.326 e. The summed E-state index contributed by atoms with van der Waals surface area (Å²) in [5, 5.41) is 6.93. The number of hydrogen-bond donors (Lipinski definition) is 2. The van der Waals surface area contributed by atoms with Gasteiger partial charge in [-0.05, 0) is 69.0 Å². The molecule has 0 aromatic heterocycles. The highest BCUT2D eigenvalue weighted by Crippen LogP contribution is 2.30. The Morgan fingerprint density at radius 3 is 2.23 bits per heavy atom. The van der Waals surface area contributed by atoms with Gasteiger partial charge in [0.25, 0.3) is 5.91 Å². The number of aryl methyl sites for hydroxylation is 3. The van der Waals surface area contributed by atoms with E-state index in [0.717, 1.165) is 29.5 Å². The van der Waals surface area contributed by atoms with E-state index in [0.29, 0.717) is 11.3 Å². The maximum absolute atomic E-state index is 12.2. The van der Waals surface area contributed by atoms with Crippen LogP contribution in [0.25, 0.3) is 0 Å². The first-order valence-corrected chi connectivity index (χ1v) is 8.76. The SMILES string of the molecule is Cc1cc(C)c(/C=N/NC(=O)c2ccc(NC(=O)C3CC3)cc2)c(C)c1. The number of amides is 2. The van der Waals surface area contributed by atoms with Gasteiger partial charge in [0, 0.05) is 22.7 Å². The summed E-state index contributed by atoms with van der Waals surface area (Å²) in [7, 11) is 0. The predicted molar refractivity (Wildman–Crippen MR) is 104 cm³/mol. The van der Waals surface area contributed by atoms with Crippen molar-refractivity contribution in [3.63, 3.8) is 0 Å². The van der Waals surface area contributed by atoms with E-state index in [-0.39, 0.29) is 17.7 Å². The van der Waals surface area contributed by atoms with Gasteiger partial charge in [0.15, 0.2) is 0 Å². The molecular formula is C21H23N3O2. The second-order valence-electron chi connectivity index (χ2n) is 6.85. The molecule has 134 valence electrons. The smallest absolute Gasteiger partial charge is 0.271 e. The molecule has 1 aliphatic carbocycles. The van der Waals surface area contributed by atoms with Crippen molar-refractivity contribution in [2.45, 2.75) is 33.6 Å². The number of benzene rings is 2. The van der Waals surface area contributed by atoms with Crippen LogP contribution < -0.4 is 10.7 Å². The summed E-state index contributed by atoms with van der Waals surface area (Å²) in [6.45, 7) is 6.11. The minimum Gasteiger partial charge on any atom is -0.326 e. The number of anilines is 1. The fraction of sp³-hybridized carbons (Fsp3) is 0.286. The number of nitrogens with zero attached hydrogens (tertiary/aromatic N) is 1. The van der Waals surface area contributed by atoms with E-state index in [2.05, 4.69) is 34.9 Å². The zero-order valence-electron chi connectivity index (χ0n) is 15.3. The normalized spacial score (nSPS) is 13.7. The van der Waals surface area contributed by atoms with Gasteiger partial charge in [0.1, 0.15) is 0 Å². The average Bonchev–Trinajstić information content (AvgIpc) is 3.42. The molecule has 2 N–H and O–H groups in total. The second kappa shape index (κ2) is 7.52. The number of carbonyl (C=O) groups excluding carboxylic acids is 2. The Kier molecular flexibility index (Phi) is 5.16. The van der Waals surface area contributed by atoms with Gasteiger partial charge in [-0.1, -0.05) is 17.7 Å². The molecular weight excluding hydrogens is 326 g/mol. The fourth-order valence-corrected chi connectivity index (χ4v) is 2.91. The minimum absolute atomic E-state index is 0.0515. The highest BCUT2D eigenvalue weighted by Gasteiger charge is 2.29. The topological polar surface area (TPSA) is 70.6 Å². The van der Waals surface area contributed by atoms with Crippen molar-refractivity contribution in [2.24, 2.45) is 11.0 Å². The lowest BCUT2D eigenvalue weighted by molar-refractivity contribution is -0.117. The zero-order chi connectivity index (χ0) is 18.7. The molecule has 0 bridgehead atoms. The number of rotatable bonds is 5. The first-order valence-electron chi connectivity index (χ1n) is 8.76. The fourth-order valence-electron chi connectivity index (χ4n) is 2.91. The third-order valence-corrected chi connectivity index (χ3v) is 4.46. The third kappa shape index (κ3) is 4.36. The molecule has 1 aliphatic rings. The molecule has 0 spiro atoms. The molecule has 0 heterocycles. The molecule has 1 saturated carbocycles. The third-order valence-electron chi connectivity index (χ3n) is 4.46. The molecule has 0 saturated heterocycles.